The van der Waals surface area contributed by atoms with Gasteiger partial charge in [0.05, 0.1) is 24.1 Å². The maximum Gasteiger partial charge on any atom is 0.204 e. The molecule has 0 spiro atoms. The van der Waals surface area contributed by atoms with E-state index >= 15 is 0 Å². The third-order valence-electron chi connectivity index (χ3n) is 1.69. The van der Waals surface area contributed by atoms with Crippen LogP contribution in [0.2, 0.25) is 0 Å². The van der Waals surface area contributed by atoms with Crippen LogP contribution in [-0.2, 0) is 6.54 Å². The second-order valence-corrected chi connectivity index (χ2v) is 4.59. The summed E-state index contributed by atoms with van der Waals surface area (Å²) in [6, 6.07) is 0. The van der Waals surface area contributed by atoms with Crippen molar-refractivity contribution in [2.75, 3.05) is 5.32 Å². The van der Waals surface area contributed by atoms with Crippen LogP contribution in [0.5, 0.6) is 0 Å². The van der Waals surface area contributed by atoms with Gasteiger partial charge in [0.1, 0.15) is 0 Å². The zero-order chi connectivity index (χ0) is 10.7. The van der Waals surface area contributed by atoms with E-state index in [9.17, 15) is 0 Å². The van der Waals surface area contributed by atoms with Crippen molar-refractivity contribution in [3.8, 4) is 0 Å². The molecule has 0 fully saturated rings. The predicted molar refractivity (Wildman–Crippen MR) is 61.4 cm³/mol. The van der Waals surface area contributed by atoms with Crippen LogP contribution in [-0.4, -0.2) is 20.2 Å². The first-order valence-electron chi connectivity index (χ1n) is 4.31. The number of aromatic amines is 1. The predicted octanol–water partition coefficient (Wildman–Crippen LogP) is 1.91. The van der Waals surface area contributed by atoms with Crippen LogP contribution in [0.25, 0.3) is 0 Å². The van der Waals surface area contributed by atoms with Crippen LogP contribution in [0.15, 0.2) is 12.4 Å². The van der Waals surface area contributed by atoms with Crippen molar-refractivity contribution in [1.29, 1.82) is 0 Å². The summed E-state index contributed by atoms with van der Waals surface area (Å²) in [5, 5.41) is 10.6. The van der Waals surface area contributed by atoms with E-state index in [1.807, 2.05) is 6.92 Å². The van der Waals surface area contributed by atoms with Gasteiger partial charge >= 0.3 is 0 Å². The molecular weight excluding hydrogens is 230 g/mol. The Hall–Kier alpha value is -1.34. The van der Waals surface area contributed by atoms with Gasteiger partial charge in [-0.15, -0.1) is 5.10 Å². The van der Waals surface area contributed by atoms with Crippen LogP contribution < -0.4 is 5.32 Å². The molecule has 15 heavy (non-hydrogen) atoms. The molecule has 0 unspecified atom stereocenters. The summed E-state index contributed by atoms with van der Waals surface area (Å²) in [6.45, 7) is 2.51. The van der Waals surface area contributed by atoms with Crippen molar-refractivity contribution >= 4 is 28.7 Å². The molecule has 2 rings (SSSR count). The lowest BCUT2D eigenvalue weighted by molar-refractivity contribution is 0.970. The van der Waals surface area contributed by atoms with E-state index in [0.29, 0.717) is 10.5 Å². The molecular formula is C8H9N5S2. The lowest BCUT2D eigenvalue weighted by atomic mass is 10.4. The molecule has 0 atom stereocenters. The van der Waals surface area contributed by atoms with Crippen LogP contribution in [0, 0.1) is 10.9 Å². The maximum absolute atomic E-state index is 4.91. The molecule has 0 aliphatic heterocycles. The van der Waals surface area contributed by atoms with Crippen LogP contribution in [0.4, 0.5) is 5.13 Å². The molecule has 5 nitrogen and oxygen atoms in total. The molecule has 2 N–H and O–H groups in total. The van der Waals surface area contributed by atoms with Crippen LogP contribution in [0.3, 0.4) is 0 Å². The smallest absolute Gasteiger partial charge is 0.204 e. The Kier molecular flexibility index (Phi) is 3.02. The van der Waals surface area contributed by atoms with E-state index in [1.165, 1.54) is 11.3 Å². The Morgan fingerprint density at radius 2 is 2.33 bits per heavy atom. The van der Waals surface area contributed by atoms with Gasteiger partial charge in [0.15, 0.2) is 3.95 Å². The topological polar surface area (TPSA) is 66.5 Å². The highest BCUT2D eigenvalue weighted by molar-refractivity contribution is 7.73. The van der Waals surface area contributed by atoms with Crippen molar-refractivity contribution in [2.24, 2.45) is 0 Å². The standard InChI is InChI=1S/C8H9N5S2/c1-5-2-10-6(3-9-5)4-11-7-12-13-8(14)15-7/h2-3H,4H2,1H3,(H,11,12)(H,13,14). The molecule has 2 aromatic rings. The fourth-order valence-corrected chi connectivity index (χ4v) is 1.77. The normalized spacial score (nSPS) is 10.2. The molecule has 7 heteroatoms. The molecule has 0 radical (unpaired) electrons. The second-order valence-electron chi connectivity index (χ2n) is 2.92. The Balaban J connectivity index is 1.99. The number of hydrogen-bond donors (Lipinski definition) is 2. The van der Waals surface area contributed by atoms with Gasteiger partial charge in [-0.3, -0.25) is 15.1 Å². The zero-order valence-corrected chi connectivity index (χ0v) is 9.65. The lowest BCUT2D eigenvalue weighted by Gasteiger charge is -2.00. The van der Waals surface area contributed by atoms with E-state index in [0.717, 1.165) is 16.5 Å². The summed E-state index contributed by atoms with van der Waals surface area (Å²) in [5.74, 6) is 0. The van der Waals surface area contributed by atoms with E-state index < -0.39 is 0 Å². The van der Waals surface area contributed by atoms with Crippen LogP contribution >= 0.6 is 23.6 Å². The van der Waals surface area contributed by atoms with Crippen molar-refractivity contribution in [3.63, 3.8) is 0 Å². The van der Waals surface area contributed by atoms with Gasteiger partial charge in [-0.25, -0.2) is 0 Å². The summed E-state index contributed by atoms with van der Waals surface area (Å²) >= 11 is 6.31. The molecule has 0 aromatic carbocycles. The molecule has 0 saturated carbocycles. The number of nitrogens with zero attached hydrogens (tertiary/aromatic N) is 3. The average Bonchev–Trinajstić information content (AvgIpc) is 2.64. The summed E-state index contributed by atoms with van der Waals surface area (Å²) in [4.78, 5) is 8.36. The molecule has 0 saturated heterocycles. The molecule has 0 amide bonds. The second kappa shape index (κ2) is 4.45. The highest BCUT2D eigenvalue weighted by Crippen LogP contribution is 2.11. The number of H-pyrrole nitrogens is 1. The van der Waals surface area contributed by atoms with Crippen molar-refractivity contribution in [3.05, 3.63) is 27.7 Å². The van der Waals surface area contributed by atoms with Crippen LogP contribution in [0.1, 0.15) is 11.4 Å². The molecule has 0 aliphatic rings. The zero-order valence-electron chi connectivity index (χ0n) is 8.02. The summed E-state index contributed by atoms with van der Waals surface area (Å²) in [7, 11) is 0. The largest absolute Gasteiger partial charge is 0.354 e. The Morgan fingerprint density at radius 3 is 2.93 bits per heavy atom. The summed E-state index contributed by atoms with van der Waals surface area (Å²) in [5.41, 5.74) is 1.79. The van der Waals surface area contributed by atoms with Gasteiger partial charge in [-0.1, -0.05) is 11.3 Å². The van der Waals surface area contributed by atoms with Gasteiger partial charge in [0.25, 0.3) is 0 Å². The highest BCUT2D eigenvalue weighted by Gasteiger charge is 1.98. The van der Waals surface area contributed by atoms with Gasteiger partial charge in [-0.05, 0) is 19.1 Å². The number of aryl methyl sites for hydroxylation is 1. The van der Waals surface area contributed by atoms with E-state index in [-0.39, 0.29) is 0 Å². The van der Waals surface area contributed by atoms with Crippen molar-refractivity contribution in [2.45, 2.75) is 13.5 Å². The molecule has 0 aliphatic carbocycles. The number of aromatic nitrogens is 4. The average molecular weight is 239 g/mol. The van der Waals surface area contributed by atoms with E-state index in [1.54, 1.807) is 12.4 Å². The SMILES string of the molecule is Cc1cnc(CNc2n[nH]c(=S)s2)cn1. The third-order valence-corrected chi connectivity index (χ3v) is 2.74. The van der Waals surface area contributed by atoms with Gasteiger partial charge in [0.2, 0.25) is 5.13 Å². The maximum atomic E-state index is 4.91. The lowest BCUT2D eigenvalue weighted by Crippen LogP contribution is -2.02. The molecule has 78 valence electrons. The molecule has 0 bridgehead atoms. The first-order chi connectivity index (χ1) is 7.24. The quantitative estimate of drug-likeness (QED) is 0.801. The van der Waals surface area contributed by atoms with E-state index in [4.69, 9.17) is 12.2 Å². The number of hydrogen-bond acceptors (Lipinski definition) is 6. The Bertz CT molecular complexity index is 486. The third kappa shape index (κ3) is 2.80. The Morgan fingerprint density at radius 1 is 1.47 bits per heavy atom. The minimum absolute atomic E-state index is 0.601. The monoisotopic (exact) mass is 239 g/mol. The van der Waals surface area contributed by atoms with Gasteiger partial charge in [0, 0.05) is 6.20 Å². The van der Waals surface area contributed by atoms with Crippen molar-refractivity contribution < 1.29 is 0 Å². The Labute approximate surface area is 95.6 Å². The summed E-state index contributed by atoms with van der Waals surface area (Å²) < 4.78 is 0.660. The highest BCUT2D eigenvalue weighted by atomic mass is 32.1. The first-order valence-corrected chi connectivity index (χ1v) is 5.53. The van der Waals surface area contributed by atoms with Crippen molar-refractivity contribution in [1.82, 2.24) is 20.2 Å². The first kappa shape index (κ1) is 10.2. The number of nitrogens with one attached hydrogen (secondary N) is 2. The number of rotatable bonds is 3. The van der Waals surface area contributed by atoms with Gasteiger partial charge in [-0.2, -0.15) is 0 Å². The minimum Gasteiger partial charge on any atom is -0.354 e. The number of anilines is 1. The fourth-order valence-electron chi connectivity index (χ4n) is 0.982. The van der Waals surface area contributed by atoms with Gasteiger partial charge < -0.3 is 5.32 Å². The van der Waals surface area contributed by atoms with E-state index in [2.05, 4.69) is 25.5 Å². The fraction of sp³-hybridized carbons (Fsp3) is 0.250. The summed E-state index contributed by atoms with van der Waals surface area (Å²) in [6.07, 6.45) is 3.48. The minimum atomic E-state index is 0.601. The molecule has 2 aromatic heterocycles. The molecule has 2 heterocycles.